The summed E-state index contributed by atoms with van der Waals surface area (Å²) in [5.74, 6) is 0.430. The fraction of sp³-hybridized carbons (Fsp3) is 0.154. The summed E-state index contributed by atoms with van der Waals surface area (Å²) < 4.78 is 5.53. The van der Waals surface area contributed by atoms with Gasteiger partial charge in [0, 0.05) is 23.9 Å². The van der Waals surface area contributed by atoms with Gasteiger partial charge < -0.3 is 10.5 Å². The molecule has 0 saturated carbocycles. The van der Waals surface area contributed by atoms with Gasteiger partial charge in [-0.25, -0.2) is 4.98 Å². The molecule has 6 heteroatoms. The normalized spacial score (nSPS) is 11.9. The second-order valence-corrected chi connectivity index (χ2v) is 4.01. The largest absolute Gasteiger partial charge is 0.431 e. The molecule has 6 nitrogen and oxygen atoms in total. The number of hydrogen-bond acceptors (Lipinski definition) is 5. The minimum absolute atomic E-state index is 0.108. The lowest BCUT2D eigenvalue weighted by molar-refractivity contribution is -0.385. The second kappa shape index (κ2) is 5.45. The highest BCUT2D eigenvalue weighted by atomic mass is 16.6. The molecular formula is C13H13N3O3. The van der Waals surface area contributed by atoms with Crippen molar-refractivity contribution in [2.75, 3.05) is 0 Å². The molecule has 1 unspecified atom stereocenters. The Balaban J connectivity index is 2.39. The number of benzene rings is 1. The van der Waals surface area contributed by atoms with Crippen LogP contribution in [0.25, 0.3) is 0 Å². The van der Waals surface area contributed by atoms with E-state index < -0.39 is 4.92 Å². The van der Waals surface area contributed by atoms with Gasteiger partial charge in [-0.3, -0.25) is 10.1 Å². The van der Waals surface area contributed by atoms with Gasteiger partial charge in [0.15, 0.2) is 0 Å². The quantitative estimate of drug-likeness (QED) is 0.673. The number of nitro benzene ring substituents is 1. The van der Waals surface area contributed by atoms with Crippen LogP contribution < -0.4 is 10.5 Å². The number of hydrogen-bond donors (Lipinski definition) is 1. The van der Waals surface area contributed by atoms with Crippen LogP contribution in [0.15, 0.2) is 42.6 Å². The van der Waals surface area contributed by atoms with E-state index in [9.17, 15) is 10.1 Å². The molecule has 2 N–H and O–H groups in total. The zero-order valence-corrected chi connectivity index (χ0v) is 10.3. The predicted octanol–water partition coefficient (Wildman–Crippen LogP) is 2.80. The van der Waals surface area contributed by atoms with Crippen LogP contribution in [-0.2, 0) is 0 Å². The predicted molar refractivity (Wildman–Crippen MR) is 70.0 cm³/mol. The summed E-state index contributed by atoms with van der Waals surface area (Å²) in [6.45, 7) is 1.79. The van der Waals surface area contributed by atoms with E-state index >= 15 is 0 Å². The Morgan fingerprint density at radius 3 is 2.74 bits per heavy atom. The molecule has 0 spiro atoms. The first-order valence-electron chi connectivity index (χ1n) is 5.71. The third-order valence-corrected chi connectivity index (χ3v) is 2.56. The van der Waals surface area contributed by atoms with Crippen LogP contribution in [0.3, 0.4) is 0 Å². The molecule has 0 radical (unpaired) electrons. The van der Waals surface area contributed by atoms with Crippen LogP contribution in [0.5, 0.6) is 11.6 Å². The van der Waals surface area contributed by atoms with Crippen molar-refractivity contribution in [2.45, 2.75) is 13.0 Å². The Hall–Kier alpha value is -2.47. The third-order valence-electron chi connectivity index (χ3n) is 2.56. The molecule has 1 heterocycles. The van der Waals surface area contributed by atoms with E-state index in [1.165, 1.54) is 12.1 Å². The maximum absolute atomic E-state index is 10.9. The average Bonchev–Trinajstić information content (AvgIpc) is 2.39. The molecule has 0 saturated heterocycles. The molecule has 0 bridgehead atoms. The SMILES string of the molecule is CC(N)c1cccnc1Oc1ccccc1[N+](=O)[O-]. The van der Waals surface area contributed by atoms with E-state index in [4.69, 9.17) is 10.5 Å². The number of rotatable bonds is 4. The van der Waals surface area contributed by atoms with Gasteiger partial charge in [0.1, 0.15) is 0 Å². The van der Waals surface area contributed by atoms with E-state index in [0.29, 0.717) is 5.56 Å². The van der Waals surface area contributed by atoms with Crippen LogP contribution in [0, 0.1) is 10.1 Å². The number of nitrogens with zero attached hydrogens (tertiary/aromatic N) is 2. The highest BCUT2D eigenvalue weighted by molar-refractivity contribution is 5.48. The second-order valence-electron chi connectivity index (χ2n) is 4.01. The van der Waals surface area contributed by atoms with E-state index in [0.717, 1.165) is 0 Å². The summed E-state index contributed by atoms with van der Waals surface area (Å²) >= 11 is 0. The maximum atomic E-state index is 10.9. The van der Waals surface area contributed by atoms with Gasteiger partial charge in [-0.2, -0.15) is 0 Å². The maximum Gasteiger partial charge on any atom is 0.311 e. The van der Waals surface area contributed by atoms with E-state index in [1.54, 1.807) is 37.4 Å². The monoisotopic (exact) mass is 259 g/mol. The van der Waals surface area contributed by atoms with Gasteiger partial charge in [-0.05, 0) is 19.1 Å². The number of nitrogens with two attached hydrogens (primary N) is 1. The van der Waals surface area contributed by atoms with Gasteiger partial charge in [0.05, 0.1) is 4.92 Å². The summed E-state index contributed by atoms with van der Waals surface area (Å²) in [6.07, 6.45) is 1.55. The highest BCUT2D eigenvalue weighted by Gasteiger charge is 2.17. The zero-order valence-electron chi connectivity index (χ0n) is 10.3. The van der Waals surface area contributed by atoms with Gasteiger partial charge in [0.2, 0.25) is 11.6 Å². The average molecular weight is 259 g/mol. The molecule has 1 atom stereocenters. The van der Waals surface area contributed by atoms with Gasteiger partial charge in [-0.1, -0.05) is 18.2 Å². The Bertz CT molecular complexity index is 599. The van der Waals surface area contributed by atoms with Crippen molar-refractivity contribution in [3.8, 4) is 11.6 Å². The summed E-state index contributed by atoms with van der Waals surface area (Å²) in [7, 11) is 0. The summed E-state index contributed by atoms with van der Waals surface area (Å²) in [5, 5.41) is 10.9. The molecule has 1 aromatic carbocycles. The minimum atomic E-state index is -0.496. The zero-order chi connectivity index (χ0) is 13.8. The lowest BCUT2D eigenvalue weighted by Crippen LogP contribution is -2.07. The Labute approximate surface area is 110 Å². The lowest BCUT2D eigenvalue weighted by Gasteiger charge is -2.11. The van der Waals surface area contributed by atoms with Crippen LogP contribution in [0.1, 0.15) is 18.5 Å². The van der Waals surface area contributed by atoms with Crippen LogP contribution in [-0.4, -0.2) is 9.91 Å². The molecule has 1 aromatic heterocycles. The molecule has 98 valence electrons. The third kappa shape index (κ3) is 2.86. The fourth-order valence-corrected chi connectivity index (χ4v) is 1.63. The topological polar surface area (TPSA) is 91.3 Å². The standard InChI is InChI=1S/C13H13N3O3/c1-9(14)10-5-4-8-15-13(10)19-12-7-3-2-6-11(12)16(17)18/h2-9H,14H2,1H3. The van der Waals surface area contributed by atoms with Crippen LogP contribution >= 0.6 is 0 Å². The summed E-state index contributed by atoms with van der Waals surface area (Å²) in [5.41, 5.74) is 6.40. The lowest BCUT2D eigenvalue weighted by atomic mass is 10.1. The van der Waals surface area contributed by atoms with E-state index in [-0.39, 0.29) is 23.4 Å². The molecule has 2 rings (SSSR count). The van der Waals surface area contributed by atoms with Crippen molar-refractivity contribution >= 4 is 5.69 Å². The molecule has 0 aliphatic heterocycles. The molecule has 0 aliphatic carbocycles. The number of nitro groups is 1. The first kappa shape index (κ1) is 13.0. The molecule has 19 heavy (non-hydrogen) atoms. The molecule has 0 aliphatic rings. The minimum Gasteiger partial charge on any atom is -0.431 e. The molecular weight excluding hydrogens is 246 g/mol. The van der Waals surface area contributed by atoms with Crippen molar-refractivity contribution in [2.24, 2.45) is 5.73 Å². The van der Waals surface area contributed by atoms with Crippen molar-refractivity contribution in [3.63, 3.8) is 0 Å². The molecule has 0 amide bonds. The van der Waals surface area contributed by atoms with Crippen molar-refractivity contribution in [1.82, 2.24) is 4.98 Å². The van der Waals surface area contributed by atoms with Crippen molar-refractivity contribution < 1.29 is 9.66 Å². The van der Waals surface area contributed by atoms with Gasteiger partial charge in [-0.15, -0.1) is 0 Å². The van der Waals surface area contributed by atoms with E-state index in [2.05, 4.69) is 4.98 Å². The molecule has 2 aromatic rings. The van der Waals surface area contributed by atoms with Crippen LogP contribution in [0.4, 0.5) is 5.69 Å². The smallest absolute Gasteiger partial charge is 0.311 e. The number of pyridine rings is 1. The highest BCUT2D eigenvalue weighted by Crippen LogP contribution is 2.32. The summed E-state index contributed by atoms with van der Waals surface area (Å²) in [6, 6.07) is 9.40. The van der Waals surface area contributed by atoms with Gasteiger partial charge in [0.25, 0.3) is 0 Å². The molecule has 0 fully saturated rings. The Morgan fingerprint density at radius 1 is 1.32 bits per heavy atom. The summed E-state index contributed by atoms with van der Waals surface area (Å²) in [4.78, 5) is 14.5. The first-order valence-corrected chi connectivity index (χ1v) is 5.71. The number of ether oxygens (including phenoxy) is 1. The first-order chi connectivity index (χ1) is 9.09. The number of aromatic nitrogens is 1. The Kier molecular flexibility index (Phi) is 3.72. The Morgan fingerprint density at radius 2 is 2.05 bits per heavy atom. The van der Waals surface area contributed by atoms with E-state index in [1.807, 2.05) is 0 Å². The fourth-order valence-electron chi connectivity index (χ4n) is 1.63. The van der Waals surface area contributed by atoms with Gasteiger partial charge >= 0.3 is 5.69 Å². The number of para-hydroxylation sites is 2. The van der Waals surface area contributed by atoms with Crippen molar-refractivity contribution in [1.29, 1.82) is 0 Å². The van der Waals surface area contributed by atoms with Crippen molar-refractivity contribution in [3.05, 3.63) is 58.3 Å². The van der Waals surface area contributed by atoms with Crippen LogP contribution in [0.2, 0.25) is 0 Å².